The summed E-state index contributed by atoms with van der Waals surface area (Å²) >= 11 is 1.23. The average Bonchev–Trinajstić information content (AvgIpc) is 3.56. The van der Waals surface area contributed by atoms with Crippen molar-refractivity contribution in [2.45, 2.75) is 40.0 Å². The predicted octanol–water partition coefficient (Wildman–Crippen LogP) is 5.53. The van der Waals surface area contributed by atoms with Crippen LogP contribution in [0.3, 0.4) is 0 Å². The van der Waals surface area contributed by atoms with E-state index in [1.54, 1.807) is 37.3 Å². The number of rotatable bonds is 7. The number of thiazole rings is 1. The van der Waals surface area contributed by atoms with Gasteiger partial charge in [-0.05, 0) is 48.1 Å². The summed E-state index contributed by atoms with van der Waals surface area (Å²) in [5.74, 6) is 1.94. The zero-order valence-electron chi connectivity index (χ0n) is 21.0. The molecular formula is C28H26N4O4S. The molecule has 1 unspecified atom stereocenters. The van der Waals surface area contributed by atoms with Gasteiger partial charge in [-0.15, -0.1) is 5.10 Å². The van der Waals surface area contributed by atoms with Crippen molar-refractivity contribution in [3.8, 4) is 11.3 Å². The highest BCUT2D eigenvalue weighted by Gasteiger charge is 2.21. The minimum Gasteiger partial charge on any atom is -0.456 e. The molecule has 0 aliphatic heterocycles. The highest BCUT2D eigenvalue weighted by Crippen LogP contribution is 2.34. The lowest BCUT2D eigenvalue weighted by Gasteiger charge is -2.10. The van der Waals surface area contributed by atoms with Crippen LogP contribution < -0.4 is 10.1 Å². The van der Waals surface area contributed by atoms with Crippen LogP contribution in [0, 0.1) is 23.0 Å². The first kappa shape index (κ1) is 24.6. The zero-order valence-corrected chi connectivity index (χ0v) is 21.8. The van der Waals surface area contributed by atoms with Gasteiger partial charge in [-0.25, -0.2) is 4.98 Å². The molecule has 0 radical (unpaired) electrons. The molecular weight excluding hydrogens is 488 g/mol. The fourth-order valence-electron chi connectivity index (χ4n) is 4.41. The van der Waals surface area contributed by atoms with Gasteiger partial charge in [0.1, 0.15) is 16.1 Å². The molecule has 1 atom stereocenters. The largest absolute Gasteiger partial charge is 0.456 e. The van der Waals surface area contributed by atoms with Gasteiger partial charge in [0.05, 0.1) is 10.5 Å². The van der Waals surface area contributed by atoms with E-state index in [9.17, 15) is 14.9 Å². The van der Waals surface area contributed by atoms with Crippen molar-refractivity contribution in [1.82, 2.24) is 14.6 Å². The number of aromatic nitrogens is 3. The molecule has 0 aliphatic rings. The molecule has 0 spiro atoms. The van der Waals surface area contributed by atoms with E-state index in [0.29, 0.717) is 38.3 Å². The lowest BCUT2D eigenvalue weighted by atomic mass is 9.96. The van der Waals surface area contributed by atoms with Crippen molar-refractivity contribution in [3.63, 3.8) is 0 Å². The molecule has 0 bridgehead atoms. The number of aryl methyl sites for hydroxylation is 1. The fraction of sp³-hybridized carbons (Fsp3) is 0.250. The molecule has 0 aliphatic carbocycles. The lowest BCUT2D eigenvalue weighted by molar-refractivity contribution is -0.384. The topological polar surface area (TPSA) is 104 Å². The van der Waals surface area contributed by atoms with Crippen LogP contribution in [0.15, 0.2) is 63.8 Å². The van der Waals surface area contributed by atoms with Crippen LogP contribution in [-0.4, -0.2) is 19.5 Å². The maximum absolute atomic E-state index is 13.0. The van der Waals surface area contributed by atoms with Crippen molar-refractivity contribution >= 4 is 28.1 Å². The van der Waals surface area contributed by atoms with E-state index in [0.717, 1.165) is 17.5 Å². The fourth-order valence-corrected chi connectivity index (χ4v) is 5.31. The molecule has 0 N–H and O–H groups in total. The predicted molar refractivity (Wildman–Crippen MR) is 144 cm³/mol. The summed E-state index contributed by atoms with van der Waals surface area (Å²) in [4.78, 5) is 29.2. The number of furan rings is 1. The Bertz CT molecular complexity index is 1710. The molecule has 8 nitrogen and oxygen atoms in total. The van der Waals surface area contributed by atoms with Crippen LogP contribution in [0.1, 0.15) is 55.0 Å². The van der Waals surface area contributed by atoms with Gasteiger partial charge in [-0.3, -0.25) is 14.9 Å². The molecule has 0 amide bonds. The number of fused-ring (bicyclic) bond motifs is 1. The SMILES string of the molecule is Cc1cccc([N+](=O)[O-])c1-c1ccc(/C=c2/sc3nc(C(C)c4ccc(CC(C)C)cc4)nn3c2=O)o1. The summed E-state index contributed by atoms with van der Waals surface area (Å²) in [5.41, 5.74) is 3.24. The van der Waals surface area contributed by atoms with E-state index in [2.05, 4.69) is 48.2 Å². The third-order valence-electron chi connectivity index (χ3n) is 6.30. The summed E-state index contributed by atoms with van der Waals surface area (Å²) in [7, 11) is 0. The van der Waals surface area contributed by atoms with E-state index in [1.807, 2.05) is 6.92 Å². The van der Waals surface area contributed by atoms with Crippen molar-refractivity contribution in [2.24, 2.45) is 5.92 Å². The molecule has 37 heavy (non-hydrogen) atoms. The Balaban J connectivity index is 1.43. The van der Waals surface area contributed by atoms with Crippen LogP contribution >= 0.6 is 11.3 Å². The standard InChI is InChI=1S/C28H26N4O4S/c1-16(2)14-19-8-10-20(11-9-19)18(4)26-29-28-31(30-26)27(33)24(37-28)15-21-12-13-23(36-21)25-17(3)6-5-7-22(25)32(34)35/h5-13,15-16,18H,14H2,1-4H3/b24-15+. The Labute approximate surface area is 217 Å². The van der Waals surface area contributed by atoms with Crippen molar-refractivity contribution in [1.29, 1.82) is 0 Å². The van der Waals surface area contributed by atoms with Crippen molar-refractivity contribution in [3.05, 3.63) is 108 Å². The molecule has 0 saturated heterocycles. The first-order valence-corrected chi connectivity index (χ1v) is 12.9. The first-order valence-electron chi connectivity index (χ1n) is 12.1. The number of nitro benzene ring substituents is 1. The van der Waals surface area contributed by atoms with Crippen LogP contribution in [0.5, 0.6) is 0 Å². The molecule has 5 aromatic rings. The minimum atomic E-state index is -0.428. The number of nitrogens with zero attached hydrogens (tertiary/aromatic N) is 4. The number of hydrogen-bond donors (Lipinski definition) is 0. The zero-order chi connectivity index (χ0) is 26.3. The monoisotopic (exact) mass is 514 g/mol. The second-order valence-corrected chi connectivity index (χ2v) is 10.6. The molecule has 188 valence electrons. The normalized spacial score (nSPS) is 13.1. The Morgan fingerprint density at radius 3 is 2.54 bits per heavy atom. The number of benzene rings is 2. The third-order valence-corrected chi connectivity index (χ3v) is 7.26. The van der Waals surface area contributed by atoms with E-state index in [4.69, 9.17) is 4.42 Å². The van der Waals surface area contributed by atoms with Gasteiger partial charge in [0.15, 0.2) is 5.82 Å². The van der Waals surface area contributed by atoms with Crippen LogP contribution in [0.4, 0.5) is 5.69 Å². The summed E-state index contributed by atoms with van der Waals surface area (Å²) < 4.78 is 7.63. The second-order valence-electron chi connectivity index (χ2n) is 9.57. The Hall–Kier alpha value is -4.11. The second kappa shape index (κ2) is 9.74. The first-order chi connectivity index (χ1) is 17.7. The summed E-state index contributed by atoms with van der Waals surface area (Å²) in [6.07, 6.45) is 2.65. The van der Waals surface area contributed by atoms with Crippen LogP contribution in [-0.2, 0) is 6.42 Å². The lowest BCUT2D eigenvalue weighted by Crippen LogP contribution is -2.23. The minimum absolute atomic E-state index is 0.0274. The molecule has 0 fully saturated rings. The van der Waals surface area contributed by atoms with Gasteiger partial charge in [-0.2, -0.15) is 4.52 Å². The van der Waals surface area contributed by atoms with Crippen molar-refractivity contribution in [2.75, 3.05) is 0 Å². The van der Waals surface area contributed by atoms with Crippen LogP contribution in [0.2, 0.25) is 0 Å². The van der Waals surface area contributed by atoms with Gasteiger partial charge in [0.25, 0.3) is 11.2 Å². The molecule has 2 aromatic carbocycles. The van der Waals surface area contributed by atoms with Crippen LogP contribution in [0.25, 0.3) is 22.4 Å². The number of nitro groups is 1. The highest BCUT2D eigenvalue weighted by atomic mass is 32.1. The van der Waals surface area contributed by atoms with E-state index >= 15 is 0 Å². The van der Waals surface area contributed by atoms with Crippen molar-refractivity contribution < 1.29 is 9.34 Å². The Morgan fingerprint density at radius 2 is 1.86 bits per heavy atom. The maximum Gasteiger partial charge on any atom is 0.291 e. The average molecular weight is 515 g/mol. The number of hydrogen-bond acceptors (Lipinski definition) is 7. The van der Waals surface area contributed by atoms with E-state index in [-0.39, 0.29) is 17.2 Å². The van der Waals surface area contributed by atoms with Gasteiger partial charge in [0.2, 0.25) is 4.96 Å². The third kappa shape index (κ3) is 4.82. The van der Waals surface area contributed by atoms with Gasteiger partial charge < -0.3 is 4.42 Å². The molecule has 5 rings (SSSR count). The molecule has 3 aromatic heterocycles. The quantitative estimate of drug-likeness (QED) is 0.209. The summed E-state index contributed by atoms with van der Waals surface area (Å²) in [6.45, 7) is 8.23. The van der Waals surface area contributed by atoms with Gasteiger partial charge in [0, 0.05) is 18.1 Å². The van der Waals surface area contributed by atoms with Gasteiger partial charge >= 0.3 is 0 Å². The molecule has 9 heteroatoms. The maximum atomic E-state index is 13.0. The Kier molecular flexibility index (Phi) is 6.47. The molecule has 3 heterocycles. The summed E-state index contributed by atoms with van der Waals surface area (Å²) in [5, 5.41) is 16.0. The Morgan fingerprint density at radius 1 is 1.11 bits per heavy atom. The summed E-state index contributed by atoms with van der Waals surface area (Å²) in [6, 6.07) is 16.7. The molecule has 0 saturated carbocycles. The van der Waals surface area contributed by atoms with E-state index in [1.165, 1.54) is 27.5 Å². The smallest absolute Gasteiger partial charge is 0.291 e. The van der Waals surface area contributed by atoms with Gasteiger partial charge in [-0.1, -0.05) is 68.5 Å². The highest BCUT2D eigenvalue weighted by molar-refractivity contribution is 7.15. The van der Waals surface area contributed by atoms with E-state index < -0.39 is 4.92 Å².